The summed E-state index contributed by atoms with van der Waals surface area (Å²) in [7, 11) is 0. The monoisotopic (exact) mass is 269 g/mol. The van der Waals surface area contributed by atoms with E-state index >= 15 is 0 Å². The van der Waals surface area contributed by atoms with E-state index in [1.807, 2.05) is 0 Å². The highest BCUT2D eigenvalue weighted by atomic mass is 15.3. The first-order valence-electron chi connectivity index (χ1n) is 7.71. The summed E-state index contributed by atoms with van der Waals surface area (Å²) in [6.45, 7) is 4.17. The number of para-hydroxylation sites is 1. The third-order valence-corrected chi connectivity index (χ3v) is 3.83. The van der Waals surface area contributed by atoms with Crippen molar-refractivity contribution in [2.45, 2.75) is 45.2 Å². The van der Waals surface area contributed by atoms with Gasteiger partial charge in [-0.15, -0.1) is 0 Å². The molecule has 1 aromatic carbocycles. The highest BCUT2D eigenvalue weighted by molar-refractivity contribution is 5.82. The number of nitrogens with one attached hydrogen (secondary N) is 1. The molecule has 0 unspecified atom stereocenters. The van der Waals surface area contributed by atoms with Crippen LogP contribution in [0.3, 0.4) is 0 Å². The zero-order chi connectivity index (χ0) is 13.8. The van der Waals surface area contributed by atoms with Gasteiger partial charge in [0.2, 0.25) is 0 Å². The molecule has 1 saturated carbocycles. The van der Waals surface area contributed by atoms with Crippen LogP contribution in [0.2, 0.25) is 0 Å². The van der Waals surface area contributed by atoms with Gasteiger partial charge in [0.15, 0.2) is 0 Å². The third-order valence-electron chi connectivity index (χ3n) is 3.83. The van der Waals surface area contributed by atoms with Gasteiger partial charge in [-0.3, -0.25) is 4.68 Å². The Balaban J connectivity index is 1.60. The van der Waals surface area contributed by atoms with Crippen molar-refractivity contribution in [1.82, 2.24) is 15.1 Å². The van der Waals surface area contributed by atoms with E-state index in [2.05, 4.69) is 53.3 Å². The Morgan fingerprint density at radius 3 is 2.95 bits per heavy atom. The maximum atomic E-state index is 4.71. The van der Waals surface area contributed by atoms with Crippen LogP contribution in [0, 0.1) is 0 Å². The molecule has 0 aliphatic heterocycles. The van der Waals surface area contributed by atoms with E-state index in [-0.39, 0.29) is 0 Å². The standard InChI is InChI=1S/C17H23N3/c1-2-20-17-10-6-5-8-15(17)16(19-20)9-4-3-7-13-18-14-11-12-14/h3-6,8,10,14,18H,2,7,9,11-13H2,1H3. The van der Waals surface area contributed by atoms with E-state index < -0.39 is 0 Å². The number of fused-ring (bicyclic) bond motifs is 1. The van der Waals surface area contributed by atoms with Gasteiger partial charge in [0, 0.05) is 24.4 Å². The second-order valence-electron chi connectivity index (χ2n) is 5.47. The molecule has 20 heavy (non-hydrogen) atoms. The van der Waals surface area contributed by atoms with Crippen molar-refractivity contribution in [2.24, 2.45) is 0 Å². The lowest BCUT2D eigenvalue weighted by Crippen LogP contribution is -2.16. The molecule has 1 heterocycles. The smallest absolute Gasteiger partial charge is 0.0740 e. The molecule has 1 fully saturated rings. The van der Waals surface area contributed by atoms with E-state index in [9.17, 15) is 0 Å². The summed E-state index contributed by atoms with van der Waals surface area (Å²) in [4.78, 5) is 0. The van der Waals surface area contributed by atoms with Gasteiger partial charge in [0.1, 0.15) is 0 Å². The molecule has 3 rings (SSSR count). The minimum atomic E-state index is 0.813. The molecule has 0 bridgehead atoms. The number of hydrogen-bond donors (Lipinski definition) is 1. The molecule has 0 radical (unpaired) electrons. The van der Waals surface area contributed by atoms with E-state index in [1.165, 1.54) is 29.4 Å². The fourth-order valence-corrected chi connectivity index (χ4v) is 2.56. The van der Waals surface area contributed by atoms with Gasteiger partial charge in [-0.1, -0.05) is 30.4 Å². The Morgan fingerprint density at radius 2 is 2.15 bits per heavy atom. The van der Waals surface area contributed by atoms with Gasteiger partial charge in [-0.2, -0.15) is 5.10 Å². The molecular weight excluding hydrogens is 246 g/mol. The number of rotatable bonds is 7. The van der Waals surface area contributed by atoms with E-state index in [0.29, 0.717) is 0 Å². The normalized spacial score (nSPS) is 15.4. The fraction of sp³-hybridized carbons (Fsp3) is 0.471. The zero-order valence-electron chi connectivity index (χ0n) is 12.2. The summed E-state index contributed by atoms with van der Waals surface area (Å²) in [5.74, 6) is 0. The lowest BCUT2D eigenvalue weighted by atomic mass is 10.1. The Bertz CT molecular complexity index is 593. The number of allylic oxidation sites excluding steroid dienone is 1. The van der Waals surface area contributed by atoms with Gasteiger partial charge in [-0.25, -0.2) is 0 Å². The minimum Gasteiger partial charge on any atom is -0.314 e. The molecule has 0 spiro atoms. The number of nitrogens with zero attached hydrogens (tertiary/aromatic N) is 2. The second-order valence-corrected chi connectivity index (χ2v) is 5.47. The van der Waals surface area contributed by atoms with Crippen molar-refractivity contribution in [3.63, 3.8) is 0 Å². The zero-order valence-corrected chi connectivity index (χ0v) is 12.2. The molecule has 0 atom stereocenters. The lowest BCUT2D eigenvalue weighted by Gasteiger charge is -1.97. The van der Waals surface area contributed by atoms with Crippen LogP contribution < -0.4 is 5.32 Å². The van der Waals surface area contributed by atoms with Gasteiger partial charge in [-0.05, 0) is 38.8 Å². The number of aromatic nitrogens is 2. The van der Waals surface area contributed by atoms with Gasteiger partial charge in [0.25, 0.3) is 0 Å². The van der Waals surface area contributed by atoms with Crippen LogP contribution in [-0.2, 0) is 13.0 Å². The Kier molecular flexibility index (Phi) is 4.16. The van der Waals surface area contributed by atoms with Crippen LogP contribution in [0.25, 0.3) is 10.9 Å². The lowest BCUT2D eigenvalue weighted by molar-refractivity contribution is 0.672. The largest absolute Gasteiger partial charge is 0.314 e. The van der Waals surface area contributed by atoms with Gasteiger partial charge < -0.3 is 5.32 Å². The van der Waals surface area contributed by atoms with Gasteiger partial charge >= 0.3 is 0 Å². The molecule has 0 amide bonds. The van der Waals surface area contributed by atoms with Crippen LogP contribution in [0.4, 0.5) is 0 Å². The van der Waals surface area contributed by atoms with Crippen molar-refractivity contribution in [1.29, 1.82) is 0 Å². The summed E-state index contributed by atoms with van der Waals surface area (Å²) >= 11 is 0. The molecular formula is C17H23N3. The molecule has 1 aliphatic rings. The molecule has 3 heteroatoms. The van der Waals surface area contributed by atoms with Gasteiger partial charge in [0.05, 0.1) is 11.2 Å². The Labute approximate surface area is 120 Å². The third kappa shape index (κ3) is 3.10. The predicted molar refractivity (Wildman–Crippen MR) is 83.9 cm³/mol. The second kappa shape index (κ2) is 6.23. The average molecular weight is 269 g/mol. The Hall–Kier alpha value is -1.61. The van der Waals surface area contributed by atoms with Crippen LogP contribution in [0.5, 0.6) is 0 Å². The van der Waals surface area contributed by atoms with Crippen LogP contribution in [0.1, 0.15) is 31.9 Å². The topological polar surface area (TPSA) is 29.9 Å². The van der Waals surface area contributed by atoms with E-state index in [0.717, 1.165) is 32.0 Å². The molecule has 2 aromatic rings. The van der Waals surface area contributed by atoms with Crippen molar-refractivity contribution in [3.05, 3.63) is 42.1 Å². The molecule has 1 aliphatic carbocycles. The quantitative estimate of drug-likeness (QED) is 0.617. The summed E-state index contributed by atoms with van der Waals surface area (Å²) < 4.78 is 2.09. The van der Waals surface area contributed by atoms with Crippen LogP contribution in [-0.4, -0.2) is 22.4 Å². The average Bonchev–Trinajstić information content (AvgIpc) is 3.24. The predicted octanol–water partition coefficient (Wildman–Crippen LogP) is 3.30. The van der Waals surface area contributed by atoms with E-state index in [1.54, 1.807) is 0 Å². The maximum Gasteiger partial charge on any atom is 0.0740 e. The first kappa shape index (κ1) is 13.4. The molecule has 0 saturated heterocycles. The highest BCUT2D eigenvalue weighted by Gasteiger charge is 2.19. The molecule has 1 N–H and O–H groups in total. The van der Waals surface area contributed by atoms with Crippen molar-refractivity contribution >= 4 is 10.9 Å². The van der Waals surface area contributed by atoms with Crippen molar-refractivity contribution in [2.75, 3.05) is 6.54 Å². The van der Waals surface area contributed by atoms with E-state index in [4.69, 9.17) is 5.10 Å². The summed E-state index contributed by atoms with van der Waals surface area (Å²) in [6.07, 6.45) is 9.30. The molecule has 106 valence electrons. The Morgan fingerprint density at radius 1 is 1.30 bits per heavy atom. The first-order valence-corrected chi connectivity index (χ1v) is 7.71. The maximum absolute atomic E-state index is 4.71. The van der Waals surface area contributed by atoms with Crippen molar-refractivity contribution < 1.29 is 0 Å². The van der Waals surface area contributed by atoms with Crippen LogP contribution >= 0.6 is 0 Å². The van der Waals surface area contributed by atoms with Crippen molar-refractivity contribution in [3.8, 4) is 0 Å². The fourth-order valence-electron chi connectivity index (χ4n) is 2.56. The molecule has 1 aromatic heterocycles. The number of aryl methyl sites for hydroxylation is 1. The summed E-state index contributed by atoms with van der Waals surface area (Å²) in [6, 6.07) is 9.31. The summed E-state index contributed by atoms with van der Waals surface area (Å²) in [5.41, 5.74) is 2.43. The molecule has 3 nitrogen and oxygen atoms in total. The number of hydrogen-bond acceptors (Lipinski definition) is 2. The van der Waals surface area contributed by atoms with Crippen LogP contribution in [0.15, 0.2) is 36.4 Å². The number of benzene rings is 1. The summed E-state index contributed by atoms with van der Waals surface area (Å²) in [5, 5.41) is 9.53. The SMILES string of the molecule is CCn1nc(CC=CCCNC2CC2)c2ccccc21. The minimum absolute atomic E-state index is 0.813. The highest BCUT2D eigenvalue weighted by Crippen LogP contribution is 2.19. The first-order chi connectivity index (χ1) is 9.88.